The number of nitrogens with one attached hydrogen (secondary N) is 1. The maximum atomic E-state index is 12.4. The zero-order chi connectivity index (χ0) is 14.9. The lowest BCUT2D eigenvalue weighted by Gasteiger charge is -1.97. The van der Waals surface area contributed by atoms with Crippen molar-refractivity contribution in [2.24, 2.45) is 0 Å². The molecule has 6 heteroatoms. The van der Waals surface area contributed by atoms with E-state index in [2.05, 4.69) is 9.97 Å². The maximum absolute atomic E-state index is 12.4. The van der Waals surface area contributed by atoms with Crippen molar-refractivity contribution in [3.05, 3.63) is 61.5 Å². The summed E-state index contributed by atoms with van der Waals surface area (Å²) in [7, 11) is 0. The third-order valence-electron chi connectivity index (χ3n) is 3.23. The smallest absolute Gasteiger partial charge is 0.260 e. The van der Waals surface area contributed by atoms with Gasteiger partial charge in [0.15, 0.2) is 0 Å². The zero-order valence-corrected chi connectivity index (χ0v) is 13.7. The van der Waals surface area contributed by atoms with Gasteiger partial charge in [-0.1, -0.05) is 12.1 Å². The summed E-state index contributed by atoms with van der Waals surface area (Å²) in [5, 5.41) is 8.77. The highest BCUT2D eigenvalue weighted by Crippen LogP contribution is 2.33. The summed E-state index contributed by atoms with van der Waals surface area (Å²) < 4.78 is 0. The third-order valence-corrected chi connectivity index (χ3v) is 5.70. The number of H-pyrrole nitrogens is 1. The Labute approximate surface area is 138 Å². The maximum Gasteiger partial charge on any atom is 0.260 e. The Kier molecular flexibility index (Phi) is 3.49. The number of hydrogen-bond acceptors (Lipinski definition) is 5. The summed E-state index contributed by atoms with van der Waals surface area (Å²) >= 11 is 4.78. The number of fused-ring (bicyclic) bond motifs is 1. The summed E-state index contributed by atoms with van der Waals surface area (Å²) in [6, 6.07) is 6.04. The molecular weight excluding hydrogens is 332 g/mol. The van der Waals surface area contributed by atoms with Crippen molar-refractivity contribution in [3.63, 3.8) is 0 Å². The average Bonchev–Trinajstić information content (AvgIpc) is 3.25. The topological polar surface area (TPSA) is 45.8 Å². The Morgan fingerprint density at radius 2 is 2.05 bits per heavy atom. The van der Waals surface area contributed by atoms with E-state index in [1.807, 2.05) is 51.9 Å². The second kappa shape index (κ2) is 5.64. The minimum absolute atomic E-state index is 0.0837. The number of aromatic amines is 1. The van der Waals surface area contributed by atoms with Crippen molar-refractivity contribution in [2.75, 3.05) is 0 Å². The molecular formula is C16H10N2OS3. The highest BCUT2D eigenvalue weighted by atomic mass is 32.1. The molecule has 0 fully saturated rings. The highest BCUT2D eigenvalue weighted by Gasteiger charge is 2.12. The molecule has 108 valence electrons. The van der Waals surface area contributed by atoms with Crippen molar-refractivity contribution < 1.29 is 0 Å². The lowest BCUT2D eigenvalue weighted by atomic mass is 10.2. The molecule has 0 saturated heterocycles. The summed E-state index contributed by atoms with van der Waals surface area (Å²) in [5.74, 6) is 0.586. The van der Waals surface area contributed by atoms with Crippen LogP contribution in [-0.2, 0) is 0 Å². The van der Waals surface area contributed by atoms with Crippen LogP contribution in [0, 0.1) is 0 Å². The molecule has 4 aromatic rings. The van der Waals surface area contributed by atoms with Crippen LogP contribution in [0.5, 0.6) is 0 Å². The lowest BCUT2D eigenvalue weighted by molar-refractivity contribution is 1.15. The fraction of sp³-hybridized carbons (Fsp3) is 0. The first-order valence-electron chi connectivity index (χ1n) is 6.57. The molecule has 0 amide bonds. The van der Waals surface area contributed by atoms with E-state index in [4.69, 9.17) is 0 Å². The second-order valence-corrected chi connectivity index (χ2v) is 7.23. The molecule has 1 N–H and O–H groups in total. The number of hydrogen-bond donors (Lipinski definition) is 1. The van der Waals surface area contributed by atoms with Gasteiger partial charge in [0.05, 0.1) is 5.39 Å². The van der Waals surface area contributed by atoms with Gasteiger partial charge in [0.2, 0.25) is 0 Å². The van der Waals surface area contributed by atoms with Gasteiger partial charge in [-0.05, 0) is 39.9 Å². The standard InChI is InChI=1S/C16H10N2OS3/c19-15-14-11(12-2-1-6-21-12)9-22-16(14)18-13(17-15)4-3-10-5-7-20-8-10/h1-9H,(H,17,18,19)/b4-3+. The van der Waals surface area contributed by atoms with E-state index < -0.39 is 0 Å². The molecule has 4 aromatic heterocycles. The van der Waals surface area contributed by atoms with Gasteiger partial charge in [0, 0.05) is 15.8 Å². The molecule has 0 saturated carbocycles. The van der Waals surface area contributed by atoms with Crippen LogP contribution in [-0.4, -0.2) is 9.97 Å². The predicted molar refractivity (Wildman–Crippen MR) is 96.8 cm³/mol. The molecule has 0 spiro atoms. The van der Waals surface area contributed by atoms with Gasteiger partial charge in [-0.3, -0.25) is 4.79 Å². The van der Waals surface area contributed by atoms with E-state index in [1.54, 1.807) is 22.7 Å². The van der Waals surface area contributed by atoms with E-state index in [9.17, 15) is 4.79 Å². The van der Waals surface area contributed by atoms with Gasteiger partial charge in [0.1, 0.15) is 10.7 Å². The van der Waals surface area contributed by atoms with Crippen LogP contribution in [0.25, 0.3) is 32.8 Å². The SMILES string of the molecule is O=c1[nH]c(/C=C/c2ccsc2)nc2scc(-c3cccs3)c12. The molecule has 0 aliphatic heterocycles. The van der Waals surface area contributed by atoms with Gasteiger partial charge >= 0.3 is 0 Å². The van der Waals surface area contributed by atoms with Crippen molar-refractivity contribution in [1.29, 1.82) is 0 Å². The molecule has 0 radical (unpaired) electrons. The molecule has 22 heavy (non-hydrogen) atoms. The monoisotopic (exact) mass is 342 g/mol. The van der Waals surface area contributed by atoms with Crippen molar-refractivity contribution in [3.8, 4) is 10.4 Å². The number of rotatable bonds is 3. The largest absolute Gasteiger partial charge is 0.306 e. The molecule has 0 atom stereocenters. The summed E-state index contributed by atoms with van der Waals surface area (Å²) in [5.41, 5.74) is 2.00. The van der Waals surface area contributed by atoms with Crippen LogP contribution in [0.2, 0.25) is 0 Å². The Hall–Kier alpha value is -2.02. The first-order chi connectivity index (χ1) is 10.8. The Morgan fingerprint density at radius 1 is 1.09 bits per heavy atom. The zero-order valence-electron chi connectivity index (χ0n) is 11.3. The van der Waals surface area contributed by atoms with Crippen LogP contribution in [0.1, 0.15) is 11.4 Å². The van der Waals surface area contributed by atoms with Crippen molar-refractivity contribution in [1.82, 2.24) is 9.97 Å². The van der Waals surface area contributed by atoms with Crippen LogP contribution in [0.15, 0.2) is 44.5 Å². The summed E-state index contributed by atoms with van der Waals surface area (Å²) in [6.45, 7) is 0. The molecule has 0 aromatic carbocycles. The number of nitrogens with zero attached hydrogens (tertiary/aromatic N) is 1. The molecule has 0 bridgehead atoms. The minimum atomic E-state index is -0.0837. The van der Waals surface area contributed by atoms with Crippen LogP contribution < -0.4 is 5.56 Å². The Balaban J connectivity index is 1.80. The molecule has 0 aliphatic rings. The minimum Gasteiger partial charge on any atom is -0.306 e. The quantitative estimate of drug-likeness (QED) is 0.573. The van der Waals surface area contributed by atoms with E-state index in [0.29, 0.717) is 11.2 Å². The van der Waals surface area contributed by atoms with Gasteiger partial charge in [0.25, 0.3) is 5.56 Å². The molecule has 4 heterocycles. The van der Waals surface area contributed by atoms with Gasteiger partial charge < -0.3 is 4.98 Å². The molecule has 4 rings (SSSR count). The van der Waals surface area contributed by atoms with Crippen LogP contribution >= 0.6 is 34.0 Å². The normalized spacial score (nSPS) is 11.6. The number of aromatic nitrogens is 2. The molecule has 0 unspecified atom stereocenters. The summed E-state index contributed by atoms with van der Waals surface area (Å²) in [6.07, 6.45) is 3.79. The first-order valence-corrected chi connectivity index (χ1v) is 9.27. The van der Waals surface area contributed by atoms with E-state index in [1.165, 1.54) is 11.3 Å². The van der Waals surface area contributed by atoms with Crippen molar-refractivity contribution in [2.45, 2.75) is 0 Å². The third kappa shape index (κ3) is 2.45. The Morgan fingerprint density at radius 3 is 2.82 bits per heavy atom. The summed E-state index contributed by atoms with van der Waals surface area (Å²) in [4.78, 5) is 21.7. The highest BCUT2D eigenvalue weighted by molar-refractivity contribution is 7.18. The lowest BCUT2D eigenvalue weighted by Crippen LogP contribution is -2.08. The van der Waals surface area contributed by atoms with E-state index in [-0.39, 0.29) is 5.56 Å². The van der Waals surface area contributed by atoms with Gasteiger partial charge in [-0.15, -0.1) is 22.7 Å². The van der Waals surface area contributed by atoms with Gasteiger partial charge in [-0.25, -0.2) is 4.98 Å². The van der Waals surface area contributed by atoms with E-state index in [0.717, 1.165) is 20.8 Å². The van der Waals surface area contributed by atoms with E-state index >= 15 is 0 Å². The van der Waals surface area contributed by atoms with Gasteiger partial charge in [-0.2, -0.15) is 11.3 Å². The predicted octanol–water partition coefficient (Wildman–Crippen LogP) is 4.95. The van der Waals surface area contributed by atoms with Crippen LogP contribution in [0.3, 0.4) is 0 Å². The fourth-order valence-electron chi connectivity index (χ4n) is 2.20. The first kappa shape index (κ1) is 13.6. The average molecular weight is 342 g/mol. The second-order valence-electron chi connectivity index (χ2n) is 4.65. The molecule has 3 nitrogen and oxygen atoms in total. The number of thiophene rings is 3. The van der Waals surface area contributed by atoms with Crippen LogP contribution in [0.4, 0.5) is 0 Å². The fourth-order valence-corrected chi connectivity index (χ4v) is 4.60. The molecule has 0 aliphatic carbocycles. The van der Waals surface area contributed by atoms with Crippen molar-refractivity contribution >= 4 is 56.4 Å². The Bertz CT molecular complexity index is 992.